The van der Waals surface area contributed by atoms with Crippen molar-refractivity contribution in [3.05, 3.63) is 30.2 Å². The van der Waals surface area contributed by atoms with Crippen molar-refractivity contribution in [1.29, 1.82) is 0 Å². The van der Waals surface area contributed by atoms with Crippen LogP contribution in [0, 0.1) is 0 Å². The van der Waals surface area contributed by atoms with Gasteiger partial charge in [-0.05, 0) is 31.7 Å². The van der Waals surface area contributed by atoms with Crippen molar-refractivity contribution in [1.82, 2.24) is 29.7 Å². The summed E-state index contributed by atoms with van der Waals surface area (Å²) in [5, 5.41) is 7.13. The predicted molar refractivity (Wildman–Crippen MR) is 109 cm³/mol. The third kappa shape index (κ3) is 3.91. The third-order valence-corrected chi connectivity index (χ3v) is 6.65. The average molecular weight is 412 g/mol. The molecule has 2 aliphatic heterocycles. The van der Waals surface area contributed by atoms with Crippen molar-refractivity contribution in [2.45, 2.75) is 50.3 Å². The fourth-order valence-electron chi connectivity index (χ4n) is 4.67. The molecule has 1 aliphatic carbocycles. The van der Waals surface area contributed by atoms with E-state index in [1.165, 1.54) is 19.3 Å². The second-order valence-electron chi connectivity index (χ2n) is 8.49. The number of ether oxygens (including phenoxy) is 1. The molecule has 3 aliphatic rings. The number of morpholine rings is 1. The topological polar surface area (TPSA) is 92.1 Å². The van der Waals surface area contributed by atoms with Crippen LogP contribution in [-0.2, 0) is 9.53 Å². The van der Waals surface area contributed by atoms with Gasteiger partial charge < -0.3 is 19.9 Å². The number of amides is 2. The highest BCUT2D eigenvalue weighted by Gasteiger charge is 2.35. The SMILES string of the molecule is O=C(NC[C@H]1CN(C2CCN(C3CCC3)CC2)C(=O)CO1)c1cc2ncccn2n1. The van der Waals surface area contributed by atoms with E-state index in [1.807, 2.05) is 4.90 Å². The molecule has 3 fully saturated rings. The van der Waals surface area contributed by atoms with Crippen LogP contribution in [0.2, 0.25) is 0 Å². The maximum absolute atomic E-state index is 12.5. The highest BCUT2D eigenvalue weighted by molar-refractivity contribution is 5.93. The van der Waals surface area contributed by atoms with Crippen LogP contribution in [0.3, 0.4) is 0 Å². The number of aromatic nitrogens is 3. The van der Waals surface area contributed by atoms with E-state index < -0.39 is 0 Å². The Morgan fingerprint density at radius 3 is 2.77 bits per heavy atom. The van der Waals surface area contributed by atoms with Gasteiger partial charge in [0.2, 0.25) is 5.91 Å². The number of rotatable bonds is 5. The molecule has 2 aromatic heterocycles. The van der Waals surface area contributed by atoms with Gasteiger partial charge in [0.1, 0.15) is 6.61 Å². The monoisotopic (exact) mass is 412 g/mol. The maximum Gasteiger partial charge on any atom is 0.271 e. The molecular weight excluding hydrogens is 384 g/mol. The summed E-state index contributed by atoms with van der Waals surface area (Å²) in [4.78, 5) is 33.7. The Bertz CT molecular complexity index is 885. The van der Waals surface area contributed by atoms with Crippen LogP contribution in [0.1, 0.15) is 42.6 Å². The Morgan fingerprint density at radius 1 is 1.20 bits per heavy atom. The van der Waals surface area contributed by atoms with E-state index in [-0.39, 0.29) is 30.6 Å². The number of hydrogen-bond donors (Lipinski definition) is 1. The van der Waals surface area contributed by atoms with Crippen molar-refractivity contribution in [3.8, 4) is 0 Å². The van der Waals surface area contributed by atoms with Gasteiger partial charge in [-0.25, -0.2) is 9.50 Å². The van der Waals surface area contributed by atoms with Crippen LogP contribution in [0.5, 0.6) is 0 Å². The molecule has 0 spiro atoms. The first-order valence-corrected chi connectivity index (χ1v) is 10.9. The van der Waals surface area contributed by atoms with E-state index >= 15 is 0 Å². The number of carbonyl (C=O) groups is 2. The lowest BCUT2D eigenvalue weighted by Gasteiger charge is -2.45. The lowest BCUT2D eigenvalue weighted by Crippen LogP contribution is -2.57. The summed E-state index contributed by atoms with van der Waals surface area (Å²) in [5.41, 5.74) is 0.947. The van der Waals surface area contributed by atoms with E-state index in [2.05, 4.69) is 20.3 Å². The third-order valence-electron chi connectivity index (χ3n) is 6.65. The molecule has 2 aromatic rings. The zero-order chi connectivity index (χ0) is 20.5. The highest BCUT2D eigenvalue weighted by Crippen LogP contribution is 2.29. The minimum Gasteiger partial charge on any atom is -0.365 e. The number of fused-ring (bicyclic) bond motifs is 1. The molecule has 2 saturated heterocycles. The molecule has 30 heavy (non-hydrogen) atoms. The standard InChI is InChI=1S/C21H28N6O3/c28-20-14-30-17(12-23-21(29)18-11-19-22-7-2-8-27(19)24-18)13-26(20)16-5-9-25(10-6-16)15-3-1-4-15/h2,7-8,11,15-17H,1,3-6,9-10,12-14H2,(H,23,29)/t17-/m0/s1. The number of carbonyl (C=O) groups excluding carboxylic acids is 2. The first-order chi connectivity index (χ1) is 14.7. The van der Waals surface area contributed by atoms with Crippen LogP contribution in [0.15, 0.2) is 24.5 Å². The van der Waals surface area contributed by atoms with Gasteiger partial charge in [-0.2, -0.15) is 5.10 Å². The molecule has 0 unspecified atom stereocenters. The van der Waals surface area contributed by atoms with Crippen molar-refractivity contribution in [2.75, 3.05) is 32.8 Å². The van der Waals surface area contributed by atoms with Gasteiger partial charge in [-0.1, -0.05) is 6.42 Å². The van der Waals surface area contributed by atoms with Crippen LogP contribution in [0.4, 0.5) is 0 Å². The highest BCUT2D eigenvalue weighted by atomic mass is 16.5. The summed E-state index contributed by atoms with van der Waals surface area (Å²) in [6.07, 6.45) is 9.26. The first kappa shape index (κ1) is 19.4. The largest absolute Gasteiger partial charge is 0.365 e. The van der Waals surface area contributed by atoms with Crippen LogP contribution >= 0.6 is 0 Å². The van der Waals surface area contributed by atoms with E-state index in [9.17, 15) is 9.59 Å². The summed E-state index contributed by atoms with van der Waals surface area (Å²) in [5.74, 6) is -0.201. The summed E-state index contributed by atoms with van der Waals surface area (Å²) in [7, 11) is 0. The maximum atomic E-state index is 12.5. The van der Waals surface area contributed by atoms with Gasteiger partial charge in [0.05, 0.1) is 6.10 Å². The molecular formula is C21H28N6O3. The fraction of sp³-hybridized carbons (Fsp3) is 0.619. The minimum absolute atomic E-state index is 0.0612. The zero-order valence-corrected chi connectivity index (χ0v) is 17.1. The molecule has 1 N–H and O–H groups in total. The summed E-state index contributed by atoms with van der Waals surface area (Å²) < 4.78 is 7.26. The zero-order valence-electron chi connectivity index (χ0n) is 17.1. The molecule has 5 rings (SSSR count). The lowest BCUT2D eigenvalue weighted by atomic mass is 9.89. The summed E-state index contributed by atoms with van der Waals surface area (Å²) >= 11 is 0. The lowest BCUT2D eigenvalue weighted by molar-refractivity contribution is -0.153. The van der Waals surface area contributed by atoms with Crippen molar-refractivity contribution in [3.63, 3.8) is 0 Å². The Labute approximate surface area is 175 Å². The van der Waals surface area contributed by atoms with Gasteiger partial charge >= 0.3 is 0 Å². The summed E-state index contributed by atoms with van der Waals surface area (Å²) in [6, 6.07) is 4.47. The van der Waals surface area contributed by atoms with Crippen molar-refractivity contribution in [2.24, 2.45) is 0 Å². The fourth-order valence-corrected chi connectivity index (χ4v) is 4.67. The Balaban J connectivity index is 1.14. The van der Waals surface area contributed by atoms with Crippen molar-refractivity contribution < 1.29 is 14.3 Å². The quantitative estimate of drug-likeness (QED) is 0.778. The number of likely N-dealkylation sites (tertiary alicyclic amines) is 1. The van der Waals surface area contributed by atoms with Gasteiger partial charge in [0, 0.05) is 56.7 Å². The molecule has 2 amide bonds. The van der Waals surface area contributed by atoms with E-state index in [1.54, 1.807) is 29.0 Å². The number of nitrogens with zero attached hydrogens (tertiary/aromatic N) is 5. The van der Waals surface area contributed by atoms with Crippen LogP contribution in [0.25, 0.3) is 5.65 Å². The number of nitrogens with one attached hydrogen (secondary N) is 1. The summed E-state index contributed by atoms with van der Waals surface area (Å²) in [6.45, 7) is 3.11. The van der Waals surface area contributed by atoms with Gasteiger partial charge in [0.25, 0.3) is 5.91 Å². The van der Waals surface area contributed by atoms with E-state index in [0.29, 0.717) is 24.4 Å². The molecule has 160 valence electrons. The van der Waals surface area contributed by atoms with Gasteiger partial charge in [-0.15, -0.1) is 0 Å². The molecule has 1 saturated carbocycles. The van der Waals surface area contributed by atoms with E-state index in [4.69, 9.17) is 4.74 Å². The smallest absolute Gasteiger partial charge is 0.271 e. The van der Waals surface area contributed by atoms with Gasteiger partial charge in [-0.3, -0.25) is 9.59 Å². The molecule has 9 nitrogen and oxygen atoms in total. The predicted octanol–water partition coefficient (Wildman–Crippen LogP) is 0.703. The molecule has 0 radical (unpaired) electrons. The van der Waals surface area contributed by atoms with Crippen LogP contribution < -0.4 is 5.32 Å². The minimum atomic E-state index is -0.263. The first-order valence-electron chi connectivity index (χ1n) is 10.9. The second kappa shape index (κ2) is 8.31. The van der Waals surface area contributed by atoms with Crippen molar-refractivity contribution >= 4 is 17.5 Å². The second-order valence-corrected chi connectivity index (χ2v) is 8.49. The normalized spacial score (nSPS) is 24.2. The molecule has 0 aromatic carbocycles. The average Bonchev–Trinajstić information content (AvgIpc) is 3.17. The Hall–Kier alpha value is -2.52. The Morgan fingerprint density at radius 2 is 2.03 bits per heavy atom. The molecule has 1 atom stereocenters. The number of hydrogen-bond acceptors (Lipinski definition) is 6. The Kier molecular flexibility index (Phi) is 5.39. The number of piperidine rings is 1. The van der Waals surface area contributed by atoms with Crippen LogP contribution in [-0.4, -0.2) is 87.2 Å². The molecule has 0 bridgehead atoms. The van der Waals surface area contributed by atoms with Gasteiger partial charge in [0.15, 0.2) is 11.3 Å². The molecule has 9 heteroatoms. The molecule has 4 heterocycles. The van der Waals surface area contributed by atoms with E-state index in [0.717, 1.165) is 32.0 Å².